The minimum Gasteiger partial charge on any atom is -0.487 e. The van der Waals surface area contributed by atoms with E-state index in [1.165, 1.54) is 12.1 Å². The number of amides is 1. The number of halogens is 3. The number of nitrogens with one attached hydrogen (secondary N) is 1. The summed E-state index contributed by atoms with van der Waals surface area (Å²) in [6.07, 6.45) is 0.433. The van der Waals surface area contributed by atoms with Crippen molar-refractivity contribution in [1.82, 2.24) is 0 Å². The van der Waals surface area contributed by atoms with Crippen LogP contribution in [0.1, 0.15) is 31.4 Å². The van der Waals surface area contributed by atoms with Crippen molar-refractivity contribution in [3.8, 4) is 5.75 Å². The molecule has 1 amide bonds. The van der Waals surface area contributed by atoms with Crippen LogP contribution >= 0.6 is 31.9 Å². The molecular weight excluding hydrogens is 497 g/mol. The number of benzene rings is 2. The Kier molecular flexibility index (Phi) is 8.00. The topological polar surface area (TPSA) is 75.6 Å². The number of ether oxygens (including phenoxy) is 1. The first-order valence-electron chi connectivity index (χ1n) is 8.58. The molecule has 2 rings (SSSR count). The summed E-state index contributed by atoms with van der Waals surface area (Å²) >= 11 is 6.85. The van der Waals surface area contributed by atoms with Crippen LogP contribution in [0.4, 0.5) is 10.1 Å². The fraction of sp³-hybridized carbons (Fsp3) is 0.300. The van der Waals surface area contributed by atoms with Crippen LogP contribution in [0.15, 0.2) is 39.3 Å². The zero-order chi connectivity index (χ0) is 20.8. The molecule has 2 N–H and O–H groups in total. The first-order valence-corrected chi connectivity index (χ1v) is 10.2. The third-order valence-corrected chi connectivity index (χ3v) is 5.00. The van der Waals surface area contributed by atoms with Gasteiger partial charge in [0.05, 0.1) is 8.95 Å². The van der Waals surface area contributed by atoms with Gasteiger partial charge in [-0.1, -0.05) is 13.8 Å². The van der Waals surface area contributed by atoms with Crippen molar-refractivity contribution < 1.29 is 23.8 Å². The molecule has 28 heavy (non-hydrogen) atoms. The van der Waals surface area contributed by atoms with Crippen LogP contribution in [-0.4, -0.2) is 17.0 Å². The lowest BCUT2D eigenvalue weighted by atomic mass is 10.1. The molecule has 8 heteroatoms. The fourth-order valence-corrected chi connectivity index (χ4v) is 3.90. The summed E-state index contributed by atoms with van der Waals surface area (Å²) in [6.45, 7) is 3.61. The number of carboxylic acids is 1. The maximum Gasteiger partial charge on any atom is 0.303 e. The first kappa shape index (κ1) is 22.4. The van der Waals surface area contributed by atoms with E-state index in [2.05, 4.69) is 37.2 Å². The summed E-state index contributed by atoms with van der Waals surface area (Å²) in [7, 11) is 0. The molecule has 0 radical (unpaired) electrons. The summed E-state index contributed by atoms with van der Waals surface area (Å²) in [5.74, 6) is -1.22. The number of carbonyl (C=O) groups is 2. The Hall–Kier alpha value is -1.93. The molecule has 0 aliphatic carbocycles. The molecule has 0 saturated heterocycles. The van der Waals surface area contributed by atoms with Gasteiger partial charge in [0.1, 0.15) is 18.2 Å². The van der Waals surface area contributed by atoms with Crippen molar-refractivity contribution in [2.24, 2.45) is 5.92 Å². The standard InChI is InChI=1S/C20H20Br2FNO4/c1-11(2)20(27)24-15-6-13(5-14(23)9-15)10-28-19-16(21)7-12(8-17(19)22)3-4-18(25)26/h5-9,11H,3-4,10H2,1-2H3,(H,24,27)(H,25,26). The summed E-state index contributed by atoms with van der Waals surface area (Å²) in [4.78, 5) is 22.5. The molecule has 5 nitrogen and oxygen atoms in total. The summed E-state index contributed by atoms with van der Waals surface area (Å²) in [5.41, 5.74) is 1.78. The third kappa shape index (κ3) is 6.60. The molecule has 0 spiro atoms. The van der Waals surface area contributed by atoms with Crippen molar-refractivity contribution in [2.45, 2.75) is 33.3 Å². The Bertz CT molecular complexity index is 863. The average Bonchev–Trinajstić information content (AvgIpc) is 2.58. The lowest BCUT2D eigenvalue weighted by molar-refractivity contribution is -0.137. The van der Waals surface area contributed by atoms with Gasteiger partial charge in [0, 0.05) is 18.0 Å². The molecule has 0 heterocycles. The van der Waals surface area contributed by atoms with Gasteiger partial charge in [-0.15, -0.1) is 0 Å². The Morgan fingerprint density at radius 2 is 1.75 bits per heavy atom. The maximum atomic E-state index is 13.9. The van der Waals surface area contributed by atoms with E-state index in [1.807, 2.05) is 0 Å². The average molecular weight is 517 g/mol. The second kappa shape index (κ2) is 10.0. The molecule has 2 aromatic rings. The summed E-state index contributed by atoms with van der Waals surface area (Å²) in [5, 5.41) is 11.5. The molecule has 2 aromatic carbocycles. The summed E-state index contributed by atoms with van der Waals surface area (Å²) in [6, 6.07) is 7.85. The Balaban J connectivity index is 2.12. The van der Waals surface area contributed by atoms with Crippen LogP contribution in [0.3, 0.4) is 0 Å². The smallest absolute Gasteiger partial charge is 0.303 e. The van der Waals surface area contributed by atoms with Crippen LogP contribution < -0.4 is 10.1 Å². The number of carbonyl (C=O) groups excluding carboxylic acids is 1. The number of hydrogen-bond acceptors (Lipinski definition) is 3. The Morgan fingerprint density at radius 3 is 2.32 bits per heavy atom. The van der Waals surface area contributed by atoms with Gasteiger partial charge in [-0.25, -0.2) is 4.39 Å². The Labute approximate surface area is 179 Å². The number of aryl methyl sites for hydroxylation is 1. The number of hydrogen-bond donors (Lipinski definition) is 2. The van der Waals surface area contributed by atoms with Crippen LogP contribution in [0.2, 0.25) is 0 Å². The minimum absolute atomic E-state index is 0.0350. The van der Waals surface area contributed by atoms with E-state index in [0.717, 1.165) is 5.56 Å². The van der Waals surface area contributed by atoms with Crippen LogP contribution in [0, 0.1) is 11.7 Å². The van der Waals surface area contributed by atoms with Gasteiger partial charge in [0.15, 0.2) is 0 Å². The quantitative estimate of drug-likeness (QED) is 0.483. The highest BCUT2D eigenvalue weighted by Crippen LogP contribution is 2.35. The third-order valence-electron chi connectivity index (χ3n) is 3.82. The normalized spacial score (nSPS) is 10.8. The number of anilines is 1. The summed E-state index contributed by atoms with van der Waals surface area (Å²) < 4.78 is 21.0. The molecular formula is C20H20Br2FNO4. The highest BCUT2D eigenvalue weighted by molar-refractivity contribution is 9.11. The van der Waals surface area contributed by atoms with E-state index in [0.29, 0.717) is 32.4 Å². The van der Waals surface area contributed by atoms with Gasteiger partial charge in [0.25, 0.3) is 0 Å². The van der Waals surface area contributed by atoms with Crippen LogP contribution in [0.25, 0.3) is 0 Å². The van der Waals surface area contributed by atoms with Crippen LogP contribution in [-0.2, 0) is 22.6 Å². The zero-order valence-corrected chi connectivity index (χ0v) is 18.6. The van der Waals surface area contributed by atoms with E-state index < -0.39 is 11.8 Å². The first-order chi connectivity index (χ1) is 13.2. The highest BCUT2D eigenvalue weighted by Gasteiger charge is 2.12. The number of carboxylic acid groups (broad SMARTS) is 1. The lowest BCUT2D eigenvalue weighted by Crippen LogP contribution is -2.18. The minimum atomic E-state index is -0.862. The van der Waals surface area contributed by atoms with E-state index in [-0.39, 0.29) is 24.9 Å². The van der Waals surface area contributed by atoms with Gasteiger partial charge in [-0.3, -0.25) is 9.59 Å². The van der Waals surface area contributed by atoms with Crippen molar-refractivity contribution in [1.29, 1.82) is 0 Å². The second-order valence-electron chi connectivity index (χ2n) is 6.56. The van der Waals surface area contributed by atoms with Crippen molar-refractivity contribution in [3.05, 3.63) is 56.2 Å². The van der Waals surface area contributed by atoms with Crippen LogP contribution in [0.5, 0.6) is 5.75 Å². The molecule has 0 atom stereocenters. The predicted octanol–water partition coefficient (Wildman–Crippen LogP) is 5.54. The second-order valence-corrected chi connectivity index (χ2v) is 8.27. The van der Waals surface area contributed by atoms with Gasteiger partial charge < -0.3 is 15.2 Å². The number of rotatable bonds is 8. The van der Waals surface area contributed by atoms with Gasteiger partial charge in [-0.05, 0) is 79.7 Å². The number of aliphatic carboxylic acids is 1. The monoisotopic (exact) mass is 515 g/mol. The van der Waals surface area contributed by atoms with Gasteiger partial charge >= 0.3 is 5.97 Å². The molecule has 0 fully saturated rings. The molecule has 0 bridgehead atoms. The van der Waals surface area contributed by atoms with E-state index in [4.69, 9.17) is 9.84 Å². The molecule has 0 aliphatic heterocycles. The Morgan fingerprint density at radius 1 is 1.11 bits per heavy atom. The molecule has 0 unspecified atom stereocenters. The molecule has 150 valence electrons. The lowest BCUT2D eigenvalue weighted by Gasteiger charge is -2.14. The maximum absolute atomic E-state index is 13.9. The zero-order valence-electron chi connectivity index (χ0n) is 15.4. The SMILES string of the molecule is CC(C)C(=O)Nc1cc(F)cc(COc2c(Br)cc(CCC(=O)O)cc2Br)c1. The predicted molar refractivity (Wildman–Crippen MR) is 112 cm³/mol. The van der Waals surface area contributed by atoms with Crippen molar-refractivity contribution >= 4 is 49.4 Å². The van der Waals surface area contributed by atoms with E-state index in [1.54, 1.807) is 32.0 Å². The fourth-order valence-electron chi connectivity index (χ4n) is 2.39. The van der Waals surface area contributed by atoms with Crippen molar-refractivity contribution in [2.75, 3.05) is 5.32 Å². The van der Waals surface area contributed by atoms with Crippen molar-refractivity contribution in [3.63, 3.8) is 0 Å². The van der Waals surface area contributed by atoms with Gasteiger partial charge in [-0.2, -0.15) is 0 Å². The highest BCUT2D eigenvalue weighted by atomic mass is 79.9. The largest absolute Gasteiger partial charge is 0.487 e. The van der Waals surface area contributed by atoms with E-state index >= 15 is 0 Å². The molecule has 0 aliphatic rings. The molecule has 0 saturated carbocycles. The molecule has 0 aromatic heterocycles. The van der Waals surface area contributed by atoms with Gasteiger partial charge in [0.2, 0.25) is 5.91 Å². The van der Waals surface area contributed by atoms with E-state index in [9.17, 15) is 14.0 Å².